The van der Waals surface area contributed by atoms with Crippen LogP contribution in [0.15, 0.2) is 211 Å². The lowest BCUT2D eigenvalue weighted by Crippen LogP contribution is -2.28. The smallest absolute Gasteiger partial charge is 0.154 e. The third kappa shape index (κ3) is 4.80. The van der Waals surface area contributed by atoms with Crippen molar-refractivity contribution < 1.29 is 4.42 Å². The monoisotopic (exact) mass is 702 g/mol. The Kier molecular flexibility index (Phi) is 7.08. The van der Waals surface area contributed by atoms with Gasteiger partial charge in [-0.1, -0.05) is 152 Å². The van der Waals surface area contributed by atoms with Crippen molar-refractivity contribution in [2.75, 3.05) is 4.90 Å². The SMILES string of the molecule is c1ccc(-c2ccc(N(c3ccc4c(c3)C(c3ccccc3)(c3ccccc3)c3ccccc3-4)c3ccc4c(c3)ncc3oc5ccccc5c34)cc2)cc1. The van der Waals surface area contributed by atoms with Gasteiger partial charge in [-0.15, -0.1) is 0 Å². The number of fused-ring (bicyclic) bond motifs is 8. The number of hydrogen-bond donors (Lipinski definition) is 0. The van der Waals surface area contributed by atoms with E-state index in [2.05, 4.69) is 193 Å². The minimum absolute atomic E-state index is 0.508. The Morgan fingerprint density at radius 3 is 1.76 bits per heavy atom. The summed E-state index contributed by atoms with van der Waals surface area (Å²) in [6.07, 6.45) is 1.86. The van der Waals surface area contributed by atoms with Crippen LogP contribution in [0.25, 0.3) is 55.1 Å². The quantitative estimate of drug-likeness (QED) is 0.173. The first-order chi connectivity index (χ1) is 27.3. The van der Waals surface area contributed by atoms with Crippen LogP contribution in [0, 0.1) is 0 Å². The Balaban J connectivity index is 1.15. The van der Waals surface area contributed by atoms with Gasteiger partial charge in [0.05, 0.1) is 17.1 Å². The van der Waals surface area contributed by atoms with Crippen LogP contribution in [-0.2, 0) is 5.41 Å². The number of aromatic nitrogens is 1. The number of pyridine rings is 1. The van der Waals surface area contributed by atoms with Gasteiger partial charge < -0.3 is 9.32 Å². The highest BCUT2D eigenvalue weighted by molar-refractivity contribution is 6.18. The molecule has 0 unspecified atom stereocenters. The standard InChI is InChI=1S/C52H34N2O/c1-4-14-35(15-5-1)36-24-26-39(27-25-36)54(41-29-31-44-48(33-41)53-34-50-51(44)45-21-11-13-23-49(45)55-50)40-28-30-43-42-20-10-12-22-46(42)52(47(43)32-40,37-16-6-2-7-17-37)38-18-8-3-9-19-38/h1-34H. The Labute approximate surface area is 319 Å². The van der Waals surface area contributed by atoms with E-state index in [-0.39, 0.29) is 0 Å². The van der Waals surface area contributed by atoms with Crippen molar-refractivity contribution in [3.05, 3.63) is 229 Å². The first kappa shape index (κ1) is 31.3. The maximum Gasteiger partial charge on any atom is 0.154 e. The van der Waals surface area contributed by atoms with Crippen molar-refractivity contribution in [3.8, 4) is 22.3 Å². The molecule has 258 valence electrons. The van der Waals surface area contributed by atoms with Crippen molar-refractivity contribution >= 4 is 49.9 Å². The molecule has 0 N–H and O–H groups in total. The number of rotatable bonds is 6. The van der Waals surface area contributed by atoms with Crippen LogP contribution in [0.2, 0.25) is 0 Å². The van der Waals surface area contributed by atoms with Crippen molar-refractivity contribution in [2.45, 2.75) is 5.41 Å². The predicted octanol–water partition coefficient (Wildman–Crippen LogP) is 13.6. The van der Waals surface area contributed by atoms with Gasteiger partial charge in [0.1, 0.15) is 5.58 Å². The molecule has 3 heteroatoms. The molecule has 0 radical (unpaired) electrons. The van der Waals surface area contributed by atoms with Crippen LogP contribution in [0.5, 0.6) is 0 Å². The molecule has 0 saturated heterocycles. The maximum atomic E-state index is 6.21. The lowest BCUT2D eigenvalue weighted by Gasteiger charge is -2.35. The first-order valence-corrected chi connectivity index (χ1v) is 18.8. The maximum absolute atomic E-state index is 6.21. The molecule has 10 aromatic rings. The Morgan fingerprint density at radius 2 is 1.00 bits per heavy atom. The minimum Gasteiger partial charge on any atom is -0.454 e. The minimum atomic E-state index is -0.508. The Hall–Kier alpha value is -7.23. The molecule has 0 amide bonds. The average Bonchev–Trinajstić information content (AvgIpc) is 3.79. The largest absolute Gasteiger partial charge is 0.454 e. The molecular formula is C52H34N2O. The van der Waals surface area contributed by atoms with Crippen LogP contribution in [-0.4, -0.2) is 4.98 Å². The van der Waals surface area contributed by atoms with Gasteiger partial charge in [-0.2, -0.15) is 0 Å². The van der Waals surface area contributed by atoms with Gasteiger partial charge in [-0.05, 0) is 93.0 Å². The molecule has 55 heavy (non-hydrogen) atoms. The van der Waals surface area contributed by atoms with E-state index < -0.39 is 5.41 Å². The molecule has 2 aromatic heterocycles. The third-order valence-electron chi connectivity index (χ3n) is 11.4. The zero-order chi connectivity index (χ0) is 36.3. The summed E-state index contributed by atoms with van der Waals surface area (Å²) in [5, 5.41) is 3.27. The molecule has 0 atom stereocenters. The molecule has 1 aliphatic rings. The number of hydrogen-bond acceptors (Lipinski definition) is 3. The Morgan fingerprint density at radius 1 is 0.418 bits per heavy atom. The van der Waals surface area contributed by atoms with Crippen LogP contribution in [0.1, 0.15) is 22.3 Å². The van der Waals surface area contributed by atoms with Gasteiger partial charge in [-0.3, -0.25) is 4.98 Å². The predicted molar refractivity (Wildman–Crippen MR) is 226 cm³/mol. The van der Waals surface area contributed by atoms with Gasteiger partial charge in [0.2, 0.25) is 0 Å². The molecule has 0 aliphatic heterocycles. The van der Waals surface area contributed by atoms with E-state index >= 15 is 0 Å². The van der Waals surface area contributed by atoms with E-state index in [1.54, 1.807) is 0 Å². The molecule has 8 aromatic carbocycles. The van der Waals surface area contributed by atoms with Gasteiger partial charge in [0.15, 0.2) is 5.58 Å². The van der Waals surface area contributed by atoms with Crippen LogP contribution in [0.3, 0.4) is 0 Å². The van der Waals surface area contributed by atoms with E-state index in [0.717, 1.165) is 49.9 Å². The highest BCUT2D eigenvalue weighted by Crippen LogP contribution is 2.57. The van der Waals surface area contributed by atoms with E-state index in [4.69, 9.17) is 9.40 Å². The summed E-state index contributed by atoms with van der Waals surface area (Å²) in [5.74, 6) is 0. The van der Waals surface area contributed by atoms with Crippen LogP contribution < -0.4 is 4.90 Å². The third-order valence-corrected chi connectivity index (χ3v) is 11.4. The fraction of sp³-hybridized carbons (Fsp3) is 0.0192. The molecule has 0 spiro atoms. The second kappa shape index (κ2) is 12.4. The summed E-state index contributed by atoms with van der Waals surface area (Å²) in [4.78, 5) is 7.33. The van der Waals surface area contributed by atoms with Crippen molar-refractivity contribution in [1.82, 2.24) is 4.98 Å². The summed E-state index contributed by atoms with van der Waals surface area (Å²) in [7, 11) is 0. The number of furan rings is 1. The topological polar surface area (TPSA) is 29.3 Å². The fourth-order valence-electron chi connectivity index (χ4n) is 8.99. The molecular weight excluding hydrogens is 669 g/mol. The van der Waals surface area contributed by atoms with E-state index in [0.29, 0.717) is 0 Å². The van der Waals surface area contributed by atoms with Crippen molar-refractivity contribution in [1.29, 1.82) is 0 Å². The Bertz CT molecular complexity index is 2980. The summed E-state index contributed by atoms with van der Waals surface area (Å²) < 4.78 is 6.21. The van der Waals surface area contributed by atoms with Crippen molar-refractivity contribution in [2.24, 2.45) is 0 Å². The van der Waals surface area contributed by atoms with Gasteiger partial charge in [0, 0.05) is 33.2 Å². The van der Waals surface area contributed by atoms with Crippen LogP contribution >= 0.6 is 0 Å². The molecule has 1 aliphatic carbocycles. The van der Waals surface area contributed by atoms with Crippen molar-refractivity contribution in [3.63, 3.8) is 0 Å². The average molecular weight is 703 g/mol. The highest BCUT2D eigenvalue weighted by atomic mass is 16.3. The second-order valence-electron chi connectivity index (χ2n) is 14.3. The highest BCUT2D eigenvalue weighted by Gasteiger charge is 2.46. The summed E-state index contributed by atoms with van der Waals surface area (Å²) in [6.45, 7) is 0. The molecule has 0 bridgehead atoms. The molecule has 0 saturated carbocycles. The molecule has 3 nitrogen and oxygen atoms in total. The second-order valence-corrected chi connectivity index (χ2v) is 14.3. The summed E-state index contributed by atoms with van der Waals surface area (Å²) in [5.41, 5.74) is 15.2. The van der Waals surface area contributed by atoms with Gasteiger partial charge in [0.25, 0.3) is 0 Å². The fourth-order valence-corrected chi connectivity index (χ4v) is 8.99. The van der Waals surface area contributed by atoms with E-state index in [1.807, 2.05) is 18.3 Å². The van der Waals surface area contributed by atoms with E-state index in [1.165, 1.54) is 44.5 Å². The van der Waals surface area contributed by atoms with E-state index in [9.17, 15) is 0 Å². The lowest BCUT2D eigenvalue weighted by molar-refractivity contribution is 0.667. The van der Waals surface area contributed by atoms with Crippen LogP contribution in [0.4, 0.5) is 17.1 Å². The number of para-hydroxylation sites is 1. The number of anilines is 3. The summed E-state index contributed by atoms with van der Waals surface area (Å²) >= 11 is 0. The summed E-state index contributed by atoms with van der Waals surface area (Å²) in [6, 6.07) is 72.2. The van der Waals surface area contributed by atoms with Gasteiger partial charge in [-0.25, -0.2) is 0 Å². The number of nitrogens with zero attached hydrogens (tertiary/aromatic N) is 2. The zero-order valence-corrected chi connectivity index (χ0v) is 29.9. The zero-order valence-electron chi connectivity index (χ0n) is 29.9. The molecule has 2 heterocycles. The molecule has 11 rings (SSSR count). The number of benzene rings is 8. The molecule has 0 fully saturated rings. The first-order valence-electron chi connectivity index (χ1n) is 18.8. The van der Waals surface area contributed by atoms with Gasteiger partial charge >= 0.3 is 0 Å². The normalized spacial score (nSPS) is 12.9. The lowest BCUT2D eigenvalue weighted by atomic mass is 9.67.